The van der Waals surface area contributed by atoms with Gasteiger partial charge in [-0.3, -0.25) is 14.6 Å². The predicted molar refractivity (Wildman–Crippen MR) is 78.6 cm³/mol. The van der Waals surface area contributed by atoms with Crippen molar-refractivity contribution >= 4 is 11.9 Å². The van der Waals surface area contributed by atoms with Crippen LogP contribution >= 0.6 is 0 Å². The molecule has 0 saturated carbocycles. The minimum absolute atomic E-state index is 0.0373. The van der Waals surface area contributed by atoms with Crippen LogP contribution in [-0.2, 0) is 22.6 Å². The van der Waals surface area contributed by atoms with Crippen LogP contribution in [-0.4, -0.2) is 33.4 Å². The van der Waals surface area contributed by atoms with Crippen molar-refractivity contribution in [3.05, 3.63) is 29.6 Å². The number of amides is 1. The van der Waals surface area contributed by atoms with Crippen molar-refractivity contribution in [2.24, 2.45) is 11.3 Å². The Hall–Kier alpha value is -1.91. The molecule has 0 fully saturated rings. The van der Waals surface area contributed by atoms with Gasteiger partial charge in [0.15, 0.2) is 0 Å². The van der Waals surface area contributed by atoms with E-state index in [4.69, 9.17) is 0 Å². The second kappa shape index (κ2) is 5.84. The predicted octanol–water partition coefficient (Wildman–Crippen LogP) is 2.10. The van der Waals surface area contributed by atoms with E-state index in [1.807, 2.05) is 26.0 Å². The zero-order valence-corrected chi connectivity index (χ0v) is 12.8. The summed E-state index contributed by atoms with van der Waals surface area (Å²) in [6, 6.07) is 3.84. The molecule has 1 N–H and O–H groups in total. The average Bonchev–Trinajstić information content (AvgIpc) is 2.46. The van der Waals surface area contributed by atoms with Crippen molar-refractivity contribution in [2.45, 2.75) is 40.2 Å². The molecule has 1 aliphatic rings. The maximum absolute atomic E-state index is 12.5. The highest BCUT2D eigenvalue weighted by atomic mass is 16.4. The van der Waals surface area contributed by atoms with Gasteiger partial charge >= 0.3 is 5.97 Å². The van der Waals surface area contributed by atoms with Crippen LogP contribution in [0.4, 0.5) is 0 Å². The summed E-state index contributed by atoms with van der Waals surface area (Å²) in [6.07, 6.45) is 2.53. The number of nitrogens with zero attached hydrogens (tertiary/aromatic N) is 2. The molecule has 0 radical (unpaired) electrons. The first-order chi connectivity index (χ1) is 9.84. The van der Waals surface area contributed by atoms with Crippen molar-refractivity contribution in [3.63, 3.8) is 0 Å². The number of hydrogen-bond donors (Lipinski definition) is 1. The summed E-state index contributed by atoms with van der Waals surface area (Å²) in [4.78, 5) is 30.0. The zero-order valence-electron chi connectivity index (χ0n) is 12.8. The molecule has 0 aromatic carbocycles. The standard InChI is InChI=1S/C16H22N2O3/c1-11(2)16(3,15(20)21)9-14(19)18-8-6-13-12(10-18)5-4-7-17-13/h4-5,7,11H,6,8-10H2,1-3H3,(H,20,21). The minimum Gasteiger partial charge on any atom is -0.481 e. The lowest BCUT2D eigenvalue weighted by atomic mass is 9.76. The van der Waals surface area contributed by atoms with Crippen LogP contribution in [0.3, 0.4) is 0 Å². The molecule has 1 unspecified atom stereocenters. The molecule has 2 rings (SSSR count). The molecule has 1 amide bonds. The van der Waals surface area contributed by atoms with Gasteiger partial charge < -0.3 is 10.0 Å². The SMILES string of the molecule is CC(C)C(C)(CC(=O)N1CCc2ncccc2C1)C(=O)O. The molecule has 1 aliphatic heterocycles. The number of carboxylic acids is 1. The number of aliphatic carboxylic acids is 1. The Morgan fingerprint density at radius 3 is 2.81 bits per heavy atom. The number of rotatable bonds is 4. The van der Waals surface area contributed by atoms with Crippen molar-refractivity contribution in [2.75, 3.05) is 6.54 Å². The molecule has 114 valence electrons. The monoisotopic (exact) mass is 290 g/mol. The number of aromatic nitrogens is 1. The first-order valence-corrected chi connectivity index (χ1v) is 7.28. The van der Waals surface area contributed by atoms with Gasteiger partial charge in [-0.15, -0.1) is 0 Å². The van der Waals surface area contributed by atoms with Crippen LogP contribution in [0.5, 0.6) is 0 Å². The molecule has 21 heavy (non-hydrogen) atoms. The fourth-order valence-corrected chi connectivity index (χ4v) is 2.53. The van der Waals surface area contributed by atoms with E-state index in [9.17, 15) is 14.7 Å². The van der Waals surface area contributed by atoms with Crippen molar-refractivity contribution < 1.29 is 14.7 Å². The quantitative estimate of drug-likeness (QED) is 0.922. The third-order valence-corrected chi connectivity index (χ3v) is 4.60. The smallest absolute Gasteiger partial charge is 0.310 e. The number of pyridine rings is 1. The van der Waals surface area contributed by atoms with Crippen molar-refractivity contribution in [1.82, 2.24) is 9.88 Å². The van der Waals surface area contributed by atoms with Crippen LogP contribution in [0.1, 0.15) is 38.4 Å². The molecule has 1 aromatic heterocycles. The summed E-state index contributed by atoms with van der Waals surface area (Å²) >= 11 is 0. The first kappa shape index (κ1) is 15.5. The third-order valence-electron chi connectivity index (χ3n) is 4.60. The second-order valence-electron chi connectivity index (χ2n) is 6.23. The van der Waals surface area contributed by atoms with Gasteiger partial charge in [0.25, 0.3) is 0 Å². The lowest BCUT2D eigenvalue weighted by molar-refractivity contribution is -0.155. The summed E-state index contributed by atoms with van der Waals surface area (Å²) in [5, 5.41) is 9.43. The van der Waals surface area contributed by atoms with Crippen LogP contribution in [0.2, 0.25) is 0 Å². The number of carbonyl (C=O) groups is 2. The summed E-state index contributed by atoms with van der Waals surface area (Å²) in [5.41, 5.74) is 1.07. The average molecular weight is 290 g/mol. The molecule has 0 bridgehead atoms. The second-order valence-corrected chi connectivity index (χ2v) is 6.23. The first-order valence-electron chi connectivity index (χ1n) is 7.28. The molecule has 5 nitrogen and oxygen atoms in total. The Kier molecular flexibility index (Phi) is 4.30. The van der Waals surface area contributed by atoms with E-state index in [2.05, 4.69) is 4.98 Å². The Balaban J connectivity index is 2.10. The molecule has 0 aliphatic carbocycles. The van der Waals surface area contributed by atoms with Crippen LogP contribution in [0.15, 0.2) is 18.3 Å². The maximum atomic E-state index is 12.5. The maximum Gasteiger partial charge on any atom is 0.310 e. The van der Waals surface area contributed by atoms with E-state index in [0.29, 0.717) is 13.1 Å². The third kappa shape index (κ3) is 3.06. The van der Waals surface area contributed by atoms with Gasteiger partial charge in [0, 0.05) is 37.8 Å². The minimum atomic E-state index is -1.02. The topological polar surface area (TPSA) is 70.5 Å². The van der Waals surface area contributed by atoms with E-state index in [1.165, 1.54) is 0 Å². The molecular weight excluding hydrogens is 268 g/mol. The summed E-state index contributed by atoms with van der Waals surface area (Å²) in [7, 11) is 0. The summed E-state index contributed by atoms with van der Waals surface area (Å²) in [6.45, 7) is 6.47. The van der Waals surface area contributed by atoms with Crippen molar-refractivity contribution in [1.29, 1.82) is 0 Å². The van der Waals surface area contributed by atoms with Crippen LogP contribution < -0.4 is 0 Å². The fourth-order valence-electron chi connectivity index (χ4n) is 2.53. The summed E-state index contributed by atoms with van der Waals surface area (Å²) < 4.78 is 0. The van der Waals surface area contributed by atoms with Crippen molar-refractivity contribution in [3.8, 4) is 0 Å². The zero-order chi connectivity index (χ0) is 15.6. The number of carboxylic acid groups (broad SMARTS) is 1. The van der Waals surface area contributed by atoms with E-state index in [0.717, 1.165) is 17.7 Å². The summed E-state index contributed by atoms with van der Waals surface area (Å²) in [5.74, 6) is -1.11. The van der Waals surface area contributed by atoms with E-state index in [-0.39, 0.29) is 18.2 Å². The molecule has 0 spiro atoms. The highest BCUT2D eigenvalue weighted by Gasteiger charge is 2.40. The van der Waals surface area contributed by atoms with Gasteiger partial charge in [-0.25, -0.2) is 0 Å². The van der Waals surface area contributed by atoms with Crippen LogP contribution in [0, 0.1) is 11.3 Å². The molecule has 0 saturated heterocycles. The Morgan fingerprint density at radius 1 is 1.48 bits per heavy atom. The largest absolute Gasteiger partial charge is 0.481 e. The highest BCUT2D eigenvalue weighted by Crippen LogP contribution is 2.32. The van der Waals surface area contributed by atoms with E-state index < -0.39 is 11.4 Å². The van der Waals surface area contributed by atoms with Gasteiger partial charge in [0.2, 0.25) is 5.91 Å². The van der Waals surface area contributed by atoms with Gasteiger partial charge in [-0.2, -0.15) is 0 Å². The van der Waals surface area contributed by atoms with Gasteiger partial charge in [0.1, 0.15) is 0 Å². The van der Waals surface area contributed by atoms with Gasteiger partial charge in [-0.05, 0) is 24.5 Å². The Labute approximate surface area is 125 Å². The Morgan fingerprint density at radius 2 is 2.19 bits per heavy atom. The molecule has 2 heterocycles. The lowest BCUT2D eigenvalue weighted by Crippen LogP contribution is -2.42. The number of fused-ring (bicyclic) bond motifs is 1. The van der Waals surface area contributed by atoms with Crippen LogP contribution in [0.25, 0.3) is 0 Å². The number of hydrogen-bond acceptors (Lipinski definition) is 3. The Bertz CT molecular complexity index is 556. The van der Waals surface area contributed by atoms with Gasteiger partial charge in [0.05, 0.1) is 5.41 Å². The van der Waals surface area contributed by atoms with E-state index >= 15 is 0 Å². The fraction of sp³-hybridized carbons (Fsp3) is 0.562. The normalized spacial score (nSPS) is 17.2. The number of carbonyl (C=O) groups excluding carboxylic acids is 1. The van der Waals surface area contributed by atoms with E-state index in [1.54, 1.807) is 18.0 Å². The lowest BCUT2D eigenvalue weighted by Gasteiger charge is -2.33. The highest BCUT2D eigenvalue weighted by molar-refractivity contribution is 5.85. The molecule has 1 aromatic rings. The van der Waals surface area contributed by atoms with Gasteiger partial charge in [-0.1, -0.05) is 19.9 Å². The molecule has 1 atom stereocenters. The molecular formula is C16H22N2O3. The molecule has 5 heteroatoms.